The van der Waals surface area contributed by atoms with Gasteiger partial charge in [0.05, 0.1) is 16.6 Å². The molecule has 0 bridgehead atoms. The number of carbonyl (C=O) groups is 2. The molecule has 4 nitrogen and oxygen atoms in total. The van der Waals surface area contributed by atoms with Crippen molar-refractivity contribution in [2.24, 2.45) is 0 Å². The lowest BCUT2D eigenvalue weighted by Gasteiger charge is -2.05. The highest BCUT2D eigenvalue weighted by Gasteiger charge is 2.10. The van der Waals surface area contributed by atoms with Crippen molar-refractivity contribution in [1.29, 1.82) is 0 Å². The molecule has 0 radical (unpaired) electrons. The third kappa shape index (κ3) is 2.56. The molecule has 0 saturated carbocycles. The van der Waals surface area contributed by atoms with E-state index in [9.17, 15) is 9.59 Å². The Balaban J connectivity index is 2.95. The third-order valence-corrected chi connectivity index (χ3v) is 2.06. The normalized spacial score (nSPS) is 9.50. The van der Waals surface area contributed by atoms with Gasteiger partial charge in [0.1, 0.15) is 0 Å². The highest BCUT2D eigenvalue weighted by atomic mass is 79.9. The van der Waals surface area contributed by atoms with Crippen molar-refractivity contribution < 1.29 is 14.7 Å². The monoisotopic (exact) mass is 257 g/mol. The minimum Gasteiger partial charge on any atom is -0.478 e. The fraction of sp³-hybridized carbons (Fsp3) is 0.111. The molecule has 5 heteroatoms. The first-order valence-corrected chi connectivity index (χ1v) is 4.95. The number of carbonyl (C=O) groups excluding carboxylic acids is 1. The van der Waals surface area contributed by atoms with Crippen LogP contribution >= 0.6 is 15.9 Å². The van der Waals surface area contributed by atoms with E-state index in [1.807, 2.05) is 0 Å². The Labute approximate surface area is 89.1 Å². The zero-order chi connectivity index (χ0) is 10.6. The van der Waals surface area contributed by atoms with Gasteiger partial charge in [-0.1, -0.05) is 28.1 Å². The van der Waals surface area contributed by atoms with E-state index in [1.54, 1.807) is 18.2 Å². The third-order valence-electron chi connectivity index (χ3n) is 1.55. The predicted molar refractivity (Wildman–Crippen MR) is 55.8 cm³/mol. The molecule has 0 aliphatic carbocycles. The van der Waals surface area contributed by atoms with Gasteiger partial charge in [-0.15, -0.1) is 0 Å². The van der Waals surface area contributed by atoms with Crippen LogP contribution in [0.2, 0.25) is 0 Å². The van der Waals surface area contributed by atoms with E-state index in [0.717, 1.165) is 0 Å². The number of nitrogens with one attached hydrogen (secondary N) is 1. The van der Waals surface area contributed by atoms with Crippen molar-refractivity contribution in [3.8, 4) is 0 Å². The summed E-state index contributed by atoms with van der Waals surface area (Å²) in [6.07, 6.45) is 0. The van der Waals surface area contributed by atoms with E-state index in [2.05, 4.69) is 21.2 Å². The number of hydrogen-bond donors (Lipinski definition) is 2. The van der Waals surface area contributed by atoms with Crippen LogP contribution < -0.4 is 5.32 Å². The Morgan fingerprint density at radius 1 is 1.36 bits per heavy atom. The number of rotatable bonds is 3. The van der Waals surface area contributed by atoms with Gasteiger partial charge in [0, 0.05) is 0 Å². The second kappa shape index (κ2) is 4.76. The number of halogens is 1. The summed E-state index contributed by atoms with van der Waals surface area (Å²) in [4.78, 5) is 21.7. The van der Waals surface area contributed by atoms with E-state index >= 15 is 0 Å². The topological polar surface area (TPSA) is 66.4 Å². The Bertz CT molecular complexity index is 365. The molecule has 1 aromatic carbocycles. The first kappa shape index (κ1) is 10.7. The Kier molecular flexibility index (Phi) is 3.64. The van der Waals surface area contributed by atoms with Crippen LogP contribution in [-0.2, 0) is 4.79 Å². The second-order valence-electron chi connectivity index (χ2n) is 2.53. The Morgan fingerprint density at radius 2 is 2.00 bits per heavy atom. The lowest BCUT2D eigenvalue weighted by Crippen LogP contribution is -2.15. The molecule has 14 heavy (non-hydrogen) atoms. The summed E-state index contributed by atoms with van der Waals surface area (Å²) in [6, 6.07) is 6.25. The molecule has 0 spiro atoms. The van der Waals surface area contributed by atoms with Crippen LogP contribution in [-0.4, -0.2) is 22.3 Å². The summed E-state index contributed by atoms with van der Waals surface area (Å²) in [5.74, 6) is -1.34. The van der Waals surface area contributed by atoms with E-state index in [4.69, 9.17) is 5.11 Å². The maximum absolute atomic E-state index is 11.0. The molecule has 0 atom stereocenters. The molecule has 0 aliphatic rings. The minimum absolute atomic E-state index is 0.0850. The van der Waals surface area contributed by atoms with Gasteiger partial charge < -0.3 is 10.4 Å². The first-order chi connectivity index (χ1) is 6.65. The maximum Gasteiger partial charge on any atom is 0.337 e. The van der Waals surface area contributed by atoms with Crippen LogP contribution in [0.25, 0.3) is 0 Å². The van der Waals surface area contributed by atoms with E-state index in [0.29, 0.717) is 5.69 Å². The molecular weight excluding hydrogens is 250 g/mol. The SMILES string of the molecule is O=C(CBr)Nc1ccccc1C(=O)O. The first-order valence-electron chi connectivity index (χ1n) is 3.83. The van der Waals surface area contributed by atoms with Gasteiger partial charge in [0.15, 0.2) is 0 Å². The minimum atomic E-state index is -1.06. The summed E-state index contributed by atoms with van der Waals surface area (Å²) < 4.78 is 0. The van der Waals surface area contributed by atoms with Crippen molar-refractivity contribution in [3.05, 3.63) is 29.8 Å². The van der Waals surface area contributed by atoms with E-state index in [-0.39, 0.29) is 16.8 Å². The summed E-state index contributed by atoms with van der Waals surface area (Å²) in [7, 11) is 0. The number of anilines is 1. The van der Waals surface area contributed by atoms with Gasteiger partial charge in [-0.3, -0.25) is 4.79 Å². The summed E-state index contributed by atoms with van der Waals surface area (Å²) in [5, 5.41) is 11.4. The molecule has 0 aliphatic heterocycles. The van der Waals surface area contributed by atoms with Crippen LogP contribution in [0.15, 0.2) is 24.3 Å². The van der Waals surface area contributed by atoms with Crippen LogP contribution in [0.5, 0.6) is 0 Å². The summed E-state index contributed by atoms with van der Waals surface area (Å²) >= 11 is 2.97. The van der Waals surface area contributed by atoms with Gasteiger partial charge in [0.25, 0.3) is 0 Å². The largest absolute Gasteiger partial charge is 0.478 e. The molecule has 0 unspecified atom stereocenters. The number of alkyl halides is 1. The van der Waals surface area contributed by atoms with Gasteiger partial charge >= 0.3 is 5.97 Å². The lowest BCUT2D eigenvalue weighted by atomic mass is 10.2. The number of amides is 1. The Morgan fingerprint density at radius 3 is 2.57 bits per heavy atom. The number of benzene rings is 1. The average molecular weight is 258 g/mol. The molecule has 2 N–H and O–H groups in total. The van der Waals surface area contributed by atoms with E-state index < -0.39 is 5.97 Å². The zero-order valence-electron chi connectivity index (χ0n) is 7.16. The van der Waals surface area contributed by atoms with Crippen molar-refractivity contribution in [2.75, 3.05) is 10.6 Å². The van der Waals surface area contributed by atoms with Gasteiger partial charge in [-0.25, -0.2) is 4.79 Å². The highest BCUT2D eigenvalue weighted by Crippen LogP contribution is 2.14. The molecular formula is C9H8BrNO3. The molecule has 1 rings (SSSR count). The van der Waals surface area contributed by atoms with Crippen molar-refractivity contribution in [1.82, 2.24) is 0 Å². The molecule has 0 heterocycles. The molecule has 1 amide bonds. The van der Waals surface area contributed by atoms with Gasteiger partial charge in [-0.2, -0.15) is 0 Å². The average Bonchev–Trinajstić information content (AvgIpc) is 2.18. The quantitative estimate of drug-likeness (QED) is 0.811. The van der Waals surface area contributed by atoms with Gasteiger partial charge in [-0.05, 0) is 12.1 Å². The summed E-state index contributed by atoms with van der Waals surface area (Å²) in [5.41, 5.74) is 0.395. The molecule has 0 fully saturated rings. The number of carboxylic acid groups (broad SMARTS) is 1. The van der Waals surface area contributed by atoms with Crippen LogP contribution in [0.1, 0.15) is 10.4 Å². The number of aromatic carboxylic acids is 1. The fourth-order valence-electron chi connectivity index (χ4n) is 0.962. The molecule has 74 valence electrons. The summed E-state index contributed by atoms with van der Waals surface area (Å²) in [6.45, 7) is 0. The van der Waals surface area contributed by atoms with Crippen molar-refractivity contribution >= 4 is 33.5 Å². The molecule has 0 saturated heterocycles. The number of hydrogen-bond acceptors (Lipinski definition) is 2. The van der Waals surface area contributed by atoms with Crippen LogP contribution in [0, 0.1) is 0 Å². The number of carboxylic acids is 1. The van der Waals surface area contributed by atoms with E-state index in [1.165, 1.54) is 6.07 Å². The highest BCUT2D eigenvalue weighted by molar-refractivity contribution is 9.09. The molecule has 1 aromatic rings. The molecule has 0 aromatic heterocycles. The van der Waals surface area contributed by atoms with Gasteiger partial charge in [0.2, 0.25) is 5.91 Å². The maximum atomic E-state index is 11.0. The predicted octanol–water partition coefficient (Wildman–Crippen LogP) is 1.72. The lowest BCUT2D eigenvalue weighted by molar-refractivity contribution is -0.113. The fourth-order valence-corrected chi connectivity index (χ4v) is 1.10. The van der Waals surface area contributed by atoms with Crippen molar-refractivity contribution in [2.45, 2.75) is 0 Å². The van der Waals surface area contributed by atoms with Crippen LogP contribution in [0.4, 0.5) is 5.69 Å². The smallest absolute Gasteiger partial charge is 0.337 e. The second-order valence-corrected chi connectivity index (χ2v) is 3.09. The van der Waals surface area contributed by atoms with Crippen molar-refractivity contribution in [3.63, 3.8) is 0 Å². The Hall–Kier alpha value is -1.36. The number of para-hydroxylation sites is 1. The zero-order valence-corrected chi connectivity index (χ0v) is 8.74. The standard InChI is InChI=1S/C9H8BrNO3/c10-5-8(12)11-7-4-2-1-3-6(7)9(13)14/h1-4H,5H2,(H,11,12)(H,13,14). The van der Waals surface area contributed by atoms with Crippen LogP contribution in [0.3, 0.4) is 0 Å².